The molecule has 1 saturated heterocycles. The molecule has 4 nitrogen and oxygen atoms in total. The van der Waals surface area contributed by atoms with Crippen LogP contribution in [0.1, 0.15) is 48.0 Å². The minimum absolute atomic E-state index is 0.0634. The third-order valence-electron chi connectivity index (χ3n) is 3.32. The van der Waals surface area contributed by atoms with Gasteiger partial charge in [-0.3, -0.25) is 4.79 Å². The molecule has 0 aliphatic carbocycles. The van der Waals surface area contributed by atoms with Crippen LogP contribution >= 0.6 is 0 Å². The van der Waals surface area contributed by atoms with E-state index >= 15 is 0 Å². The van der Waals surface area contributed by atoms with Crippen molar-refractivity contribution in [1.82, 2.24) is 4.90 Å². The zero-order valence-corrected chi connectivity index (χ0v) is 12.6. The fourth-order valence-corrected chi connectivity index (χ4v) is 2.53. The third-order valence-corrected chi connectivity index (χ3v) is 3.32. The molecule has 0 bridgehead atoms. The molecule has 0 spiro atoms. The van der Waals surface area contributed by atoms with Crippen molar-refractivity contribution in [2.45, 2.75) is 65.2 Å². The van der Waals surface area contributed by atoms with E-state index < -0.39 is 0 Å². The van der Waals surface area contributed by atoms with Gasteiger partial charge in [0.2, 0.25) is 5.91 Å². The monoisotopic (exact) mass is 256 g/mol. The van der Waals surface area contributed by atoms with Crippen LogP contribution in [0.5, 0.6) is 0 Å². The van der Waals surface area contributed by atoms with E-state index in [1.165, 1.54) is 0 Å². The van der Waals surface area contributed by atoms with Gasteiger partial charge in [-0.2, -0.15) is 0 Å². The molecule has 1 unspecified atom stereocenters. The molecule has 0 radical (unpaired) electrons. The van der Waals surface area contributed by atoms with Crippen molar-refractivity contribution in [3.8, 4) is 0 Å². The molecule has 1 rings (SSSR count). The Morgan fingerprint density at radius 1 is 1.22 bits per heavy atom. The van der Waals surface area contributed by atoms with Gasteiger partial charge >= 0.3 is 0 Å². The first-order valence-electron chi connectivity index (χ1n) is 6.76. The number of carbonyl (C=O) groups is 1. The molecule has 2 N–H and O–H groups in total. The van der Waals surface area contributed by atoms with E-state index in [0.29, 0.717) is 25.4 Å². The maximum atomic E-state index is 12.3. The lowest BCUT2D eigenvalue weighted by Crippen LogP contribution is -2.59. The lowest BCUT2D eigenvalue weighted by atomic mass is 9.96. The van der Waals surface area contributed by atoms with Crippen LogP contribution in [0, 0.1) is 5.92 Å². The fourth-order valence-electron chi connectivity index (χ4n) is 2.53. The molecule has 4 heteroatoms. The predicted octanol–water partition coefficient (Wildman–Crippen LogP) is 1.78. The van der Waals surface area contributed by atoms with Crippen molar-refractivity contribution >= 4 is 5.91 Å². The summed E-state index contributed by atoms with van der Waals surface area (Å²) in [6.45, 7) is 13.5. The van der Waals surface area contributed by atoms with Gasteiger partial charge in [0.25, 0.3) is 0 Å². The molecule has 1 aliphatic heterocycles. The molecule has 1 amide bonds. The zero-order valence-electron chi connectivity index (χ0n) is 12.6. The van der Waals surface area contributed by atoms with E-state index in [1.807, 2.05) is 46.4 Å². The normalized spacial score (nSPS) is 24.1. The summed E-state index contributed by atoms with van der Waals surface area (Å²) in [5.74, 6) is 0.469. The lowest BCUT2D eigenvalue weighted by molar-refractivity contribution is -0.188. The van der Waals surface area contributed by atoms with E-state index in [0.717, 1.165) is 0 Å². The van der Waals surface area contributed by atoms with Crippen LogP contribution in [0.4, 0.5) is 0 Å². The SMILES string of the molecule is CC(C)C(N)CC(=O)N1CC(C)(C)OC(C)(C)C1. The van der Waals surface area contributed by atoms with E-state index in [-0.39, 0.29) is 23.2 Å². The van der Waals surface area contributed by atoms with Gasteiger partial charge in [0.05, 0.1) is 11.2 Å². The second-order valence-corrected chi connectivity index (χ2v) is 6.98. The predicted molar refractivity (Wildman–Crippen MR) is 73.3 cm³/mol. The largest absolute Gasteiger partial charge is 0.366 e. The summed E-state index contributed by atoms with van der Waals surface area (Å²) in [4.78, 5) is 14.2. The van der Waals surface area contributed by atoms with Gasteiger partial charge in [-0.05, 0) is 33.6 Å². The number of rotatable bonds is 3. The first kappa shape index (κ1) is 15.4. The first-order valence-corrected chi connectivity index (χ1v) is 6.76. The van der Waals surface area contributed by atoms with Crippen LogP contribution in [0.2, 0.25) is 0 Å². The number of ether oxygens (including phenoxy) is 1. The highest BCUT2D eigenvalue weighted by molar-refractivity contribution is 5.77. The second-order valence-electron chi connectivity index (χ2n) is 6.98. The first-order chi connectivity index (χ1) is 8.02. The minimum atomic E-state index is -0.292. The topological polar surface area (TPSA) is 55.6 Å². The molecule has 106 valence electrons. The number of morpholine rings is 1. The van der Waals surface area contributed by atoms with Gasteiger partial charge in [-0.1, -0.05) is 13.8 Å². The van der Waals surface area contributed by atoms with E-state index in [4.69, 9.17) is 10.5 Å². The van der Waals surface area contributed by atoms with Crippen molar-refractivity contribution in [2.24, 2.45) is 11.7 Å². The van der Waals surface area contributed by atoms with E-state index in [2.05, 4.69) is 0 Å². The van der Waals surface area contributed by atoms with Gasteiger partial charge < -0.3 is 15.4 Å². The molecule has 0 aromatic rings. The molecule has 1 fully saturated rings. The fraction of sp³-hybridized carbons (Fsp3) is 0.929. The molecular formula is C14H28N2O2. The number of nitrogens with two attached hydrogens (primary N) is 1. The average Bonchev–Trinajstić information content (AvgIpc) is 2.12. The van der Waals surface area contributed by atoms with Crippen LogP contribution in [0.25, 0.3) is 0 Å². The van der Waals surface area contributed by atoms with Gasteiger partial charge in [0.15, 0.2) is 0 Å². The maximum Gasteiger partial charge on any atom is 0.224 e. The summed E-state index contributed by atoms with van der Waals surface area (Å²) in [6.07, 6.45) is 0.420. The molecule has 0 aromatic carbocycles. The summed E-state index contributed by atoms with van der Waals surface area (Å²) >= 11 is 0. The number of nitrogens with zero attached hydrogens (tertiary/aromatic N) is 1. The summed E-state index contributed by atoms with van der Waals surface area (Å²) in [7, 11) is 0. The molecule has 18 heavy (non-hydrogen) atoms. The molecule has 0 saturated carbocycles. The highest BCUT2D eigenvalue weighted by Crippen LogP contribution is 2.28. The Morgan fingerprint density at radius 3 is 2.06 bits per heavy atom. The zero-order chi connectivity index (χ0) is 14.1. The maximum absolute atomic E-state index is 12.3. The summed E-state index contributed by atoms with van der Waals surface area (Å²) in [5.41, 5.74) is 5.40. The molecule has 1 atom stereocenters. The van der Waals surface area contributed by atoms with E-state index in [1.54, 1.807) is 0 Å². The number of amides is 1. The molecule has 0 aromatic heterocycles. The molecule has 1 heterocycles. The summed E-state index contributed by atoms with van der Waals surface area (Å²) in [5, 5.41) is 0. The van der Waals surface area contributed by atoms with Gasteiger partial charge in [-0.25, -0.2) is 0 Å². The van der Waals surface area contributed by atoms with E-state index in [9.17, 15) is 4.79 Å². The standard InChI is InChI=1S/C14H28N2O2/c1-10(2)11(15)7-12(17)16-8-13(3,4)18-14(5,6)9-16/h10-11H,7-9,15H2,1-6H3. The third kappa shape index (κ3) is 4.25. The van der Waals surface area contributed by atoms with Gasteiger partial charge in [0.1, 0.15) is 0 Å². The van der Waals surface area contributed by atoms with Crippen LogP contribution in [-0.2, 0) is 9.53 Å². The van der Waals surface area contributed by atoms with Crippen LogP contribution in [0.3, 0.4) is 0 Å². The lowest BCUT2D eigenvalue weighted by Gasteiger charge is -2.47. The Labute approximate surface area is 111 Å². The Kier molecular flexibility index (Phi) is 4.44. The van der Waals surface area contributed by atoms with Crippen LogP contribution in [0.15, 0.2) is 0 Å². The summed E-state index contributed by atoms with van der Waals surface area (Å²) < 4.78 is 5.97. The number of hydrogen-bond acceptors (Lipinski definition) is 3. The second kappa shape index (κ2) is 5.17. The van der Waals surface area contributed by atoms with Crippen LogP contribution < -0.4 is 5.73 Å². The number of carbonyl (C=O) groups excluding carboxylic acids is 1. The van der Waals surface area contributed by atoms with Crippen molar-refractivity contribution in [3.63, 3.8) is 0 Å². The van der Waals surface area contributed by atoms with Crippen molar-refractivity contribution in [1.29, 1.82) is 0 Å². The average molecular weight is 256 g/mol. The molecule has 1 aliphatic rings. The van der Waals surface area contributed by atoms with Crippen LogP contribution in [-0.4, -0.2) is 41.1 Å². The Hall–Kier alpha value is -0.610. The summed E-state index contributed by atoms with van der Waals surface area (Å²) in [6, 6.07) is -0.0634. The van der Waals surface area contributed by atoms with Crippen molar-refractivity contribution in [2.75, 3.05) is 13.1 Å². The van der Waals surface area contributed by atoms with Crippen molar-refractivity contribution in [3.05, 3.63) is 0 Å². The Morgan fingerprint density at radius 2 is 1.67 bits per heavy atom. The highest BCUT2D eigenvalue weighted by atomic mass is 16.5. The smallest absolute Gasteiger partial charge is 0.224 e. The van der Waals surface area contributed by atoms with Gasteiger partial charge in [0, 0.05) is 25.6 Å². The highest BCUT2D eigenvalue weighted by Gasteiger charge is 2.40. The van der Waals surface area contributed by atoms with Crippen molar-refractivity contribution < 1.29 is 9.53 Å². The van der Waals surface area contributed by atoms with Gasteiger partial charge in [-0.15, -0.1) is 0 Å². The molecular weight excluding hydrogens is 228 g/mol. The Bertz CT molecular complexity index is 295. The minimum Gasteiger partial charge on any atom is -0.366 e. The number of hydrogen-bond donors (Lipinski definition) is 1. The quantitative estimate of drug-likeness (QED) is 0.837. The Balaban J connectivity index is 2.68.